The Labute approximate surface area is 106 Å². The standard InChI is InChI=1S/C14H16N2O2/c1-2-3-8-16-9-6-12(14(16)18)13(17)11-5-4-7-15-10-11/h3-5,7-8,10,12H,2,6,9H2,1H3/b8-3+. The van der Waals surface area contributed by atoms with Crippen LogP contribution >= 0.6 is 0 Å². The lowest BCUT2D eigenvalue weighted by atomic mass is 9.97. The Morgan fingerprint density at radius 3 is 3.11 bits per heavy atom. The van der Waals surface area contributed by atoms with Crippen LogP contribution in [0.1, 0.15) is 30.1 Å². The number of carbonyl (C=O) groups is 2. The van der Waals surface area contributed by atoms with E-state index in [0.29, 0.717) is 18.5 Å². The Morgan fingerprint density at radius 1 is 1.61 bits per heavy atom. The highest BCUT2D eigenvalue weighted by Gasteiger charge is 2.36. The first kappa shape index (κ1) is 12.5. The third-order valence-corrected chi connectivity index (χ3v) is 3.02. The highest BCUT2D eigenvalue weighted by molar-refractivity contribution is 6.10. The van der Waals surface area contributed by atoms with Gasteiger partial charge in [0.2, 0.25) is 5.91 Å². The van der Waals surface area contributed by atoms with Gasteiger partial charge in [-0.15, -0.1) is 0 Å². The number of carbonyl (C=O) groups excluding carboxylic acids is 2. The van der Waals surface area contributed by atoms with E-state index in [1.165, 1.54) is 6.20 Å². The third kappa shape index (κ3) is 2.47. The highest BCUT2D eigenvalue weighted by Crippen LogP contribution is 2.22. The Morgan fingerprint density at radius 2 is 2.44 bits per heavy atom. The predicted octanol–water partition coefficient (Wildman–Crippen LogP) is 2.04. The number of rotatable bonds is 4. The maximum Gasteiger partial charge on any atom is 0.237 e. The van der Waals surface area contributed by atoms with E-state index in [4.69, 9.17) is 0 Å². The van der Waals surface area contributed by atoms with Gasteiger partial charge >= 0.3 is 0 Å². The molecular formula is C14H16N2O2. The summed E-state index contributed by atoms with van der Waals surface area (Å²) in [5.41, 5.74) is 0.511. The number of Topliss-reactive ketones (excluding diaryl/α,β-unsaturated/α-hetero) is 1. The zero-order chi connectivity index (χ0) is 13.0. The summed E-state index contributed by atoms with van der Waals surface area (Å²) in [7, 11) is 0. The van der Waals surface area contributed by atoms with Gasteiger partial charge in [0.15, 0.2) is 5.78 Å². The van der Waals surface area contributed by atoms with E-state index in [2.05, 4.69) is 4.98 Å². The van der Waals surface area contributed by atoms with Crippen LogP contribution in [0.5, 0.6) is 0 Å². The number of amides is 1. The number of hydrogen-bond donors (Lipinski definition) is 0. The lowest BCUT2D eigenvalue weighted by molar-refractivity contribution is -0.127. The number of hydrogen-bond acceptors (Lipinski definition) is 3. The van der Waals surface area contributed by atoms with E-state index in [1.54, 1.807) is 29.4 Å². The molecule has 1 aromatic rings. The molecule has 1 amide bonds. The first-order chi connectivity index (χ1) is 8.74. The number of nitrogens with zero attached hydrogens (tertiary/aromatic N) is 2. The number of allylic oxidation sites excluding steroid dienone is 1. The van der Waals surface area contributed by atoms with Crippen LogP contribution in [0.3, 0.4) is 0 Å². The number of ketones is 1. The molecule has 0 bridgehead atoms. The van der Waals surface area contributed by atoms with Crippen molar-refractivity contribution in [3.8, 4) is 0 Å². The topological polar surface area (TPSA) is 50.3 Å². The van der Waals surface area contributed by atoms with Gasteiger partial charge in [-0.2, -0.15) is 0 Å². The van der Waals surface area contributed by atoms with Crippen molar-refractivity contribution in [3.63, 3.8) is 0 Å². The van der Waals surface area contributed by atoms with Crippen molar-refractivity contribution in [3.05, 3.63) is 42.4 Å². The molecule has 0 saturated carbocycles. The molecule has 4 nitrogen and oxygen atoms in total. The largest absolute Gasteiger partial charge is 0.319 e. The molecule has 1 aliphatic rings. The van der Waals surface area contributed by atoms with Crippen LogP contribution in [0.15, 0.2) is 36.8 Å². The molecule has 1 atom stereocenters. The average Bonchev–Trinajstić information content (AvgIpc) is 2.78. The second kappa shape index (κ2) is 5.58. The van der Waals surface area contributed by atoms with Crippen molar-refractivity contribution in [2.75, 3.05) is 6.54 Å². The Balaban J connectivity index is 2.10. The van der Waals surface area contributed by atoms with E-state index < -0.39 is 5.92 Å². The van der Waals surface area contributed by atoms with Gasteiger partial charge in [0.05, 0.1) is 0 Å². The molecule has 1 fully saturated rings. The molecule has 4 heteroatoms. The predicted molar refractivity (Wildman–Crippen MR) is 67.8 cm³/mol. The molecule has 2 heterocycles. The maximum atomic E-state index is 12.2. The fourth-order valence-electron chi connectivity index (χ4n) is 2.04. The van der Waals surface area contributed by atoms with Crippen LogP contribution in [0.25, 0.3) is 0 Å². The van der Waals surface area contributed by atoms with Crippen molar-refractivity contribution in [2.24, 2.45) is 5.92 Å². The molecule has 0 radical (unpaired) electrons. The van der Waals surface area contributed by atoms with Gasteiger partial charge in [0, 0.05) is 30.7 Å². The molecular weight excluding hydrogens is 228 g/mol. The van der Waals surface area contributed by atoms with Crippen LogP contribution < -0.4 is 0 Å². The molecule has 1 aromatic heterocycles. The summed E-state index contributed by atoms with van der Waals surface area (Å²) in [6, 6.07) is 3.41. The van der Waals surface area contributed by atoms with Crippen LogP contribution in [-0.4, -0.2) is 28.1 Å². The van der Waals surface area contributed by atoms with Crippen molar-refractivity contribution >= 4 is 11.7 Å². The Kier molecular flexibility index (Phi) is 3.87. The lowest BCUT2D eigenvalue weighted by Gasteiger charge is -2.10. The number of likely N-dealkylation sites (tertiary alicyclic amines) is 1. The van der Waals surface area contributed by atoms with Gasteiger partial charge in [-0.25, -0.2) is 0 Å². The minimum absolute atomic E-state index is 0.103. The first-order valence-electron chi connectivity index (χ1n) is 6.15. The Hall–Kier alpha value is -1.97. The van der Waals surface area contributed by atoms with Gasteiger partial charge in [0.1, 0.15) is 5.92 Å². The van der Waals surface area contributed by atoms with E-state index in [1.807, 2.05) is 13.0 Å². The van der Waals surface area contributed by atoms with Crippen molar-refractivity contribution in [1.82, 2.24) is 9.88 Å². The smallest absolute Gasteiger partial charge is 0.237 e. The normalized spacial score (nSPS) is 19.7. The minimum atomic E-state index is -0.546. The van der Waals surface area contributed by atoms with Crippen LogP contribution in [0.2, 0.25) is 0 Å². The molecule has 1 saturated heterocycles. The summed E-state index contributed by atoms with van der Waals surface area (Å²) < 4.78 is 0. The minimum Gasteiger partial charge on any atom is -0.319 e. The van der Waals surface area contributed by atoms with Crippen LogP contribution in [0, 0.1) is 5.92 Å². The SMILES string of the molecule is CC/C=C/N1CCC(C(=O)c2cccnc2)C1=O. The molecule has 1 aliphatic heterocycles. The number of aromatic nitrogens is 1. The number of pyridine rings is 1. The molecule has 94 valence electrons. The molecule has 0 aliphatic carbocycles. The van der Waals surface area contributed by atoms with Crippen molar-refractivity contribution in [1.29, 1.82) is 0 Å². The highest BCUT2D eigenvalue weighted by atomic mass is 16.2. The van der Waals surface area contributed by atoms with Gasteiger partial charge in [-0.05, 0) is 25.0 Å². The summed E-state index contributed by atoms with van der Waals surface area (Å²) >= 11 is 0. The molecule has 18 heavy (non-hydrogen) atoms. The van der Waals surface area contributed by atoms with Gasteiger partial charge < -0.3 is 4.90 Å². The van der Waals surface area contributed by atoms with Crippen molar-refractivity contribution < 1.29 is 9.59 Å². The maximum absolute atomic E-state index is 12.2. The fraction of sp³-hybridized carbons (Fsp3) is 0.357. The van der Waals surface area contributed by atoms with E-state index >= 15 is 0 Å². The Bertz CT molecular complexity index is 468. The summed E-state index contributed by atoms with van der Waals surface area (Å²) in [5, 5.41) is 0. The van der Waals surface area contributed by atoms with Crippen molar-refractivity contribution in [2.45, 2.75) is 19.8 Å². The zero-order valence-electron chi connectivity index (χ0n) is 10.4. The molecule has 0 aromatic carbocycles. The van der Waals surface area contributed by atoms with Gasteiger partial charge in [-0.1, -0.05) is 13.0 Å². The molecule has 2 rings (SSSR count). The fourth-order valence-corrected chi connectivity index (χ4v) is 2.04. The third-order valence-electron chi connectivity index (χ3n) is 3.02. The van der Waals surface area contributed by atoms with Crippen LogP contribution in [0.4, 0.5) is 0 Å². The van der Waals surface area contributed by atoms with Gasteiger partial charge in [0.25, 0.3) is 0 Å². The summed E-state index contributed by atoms with van der Waals surface area (Å²) in [4.78, 5) is 29.8. The molecule has 0 spiro atoms. The monoisotopic (exact) mass is 244 g/mol. The summed E-state index contributed by atoms with van der Waals surface area (Å²) in [6.07, 6.45) is 8.29. The van der Waals surface area contributed by atoms with E-state index in [9.17, 15) is 9.59 Å². The van der Waals surface area contributed by atoms with E-state index in [-0.39, 0.29) is 11.7 Å². The summed E-state index contributed by atoms with van der Waals surface area (Å²) in [5.74, 6) is -0.773. The quantitative estimate of drug-likeness (QED) is 0.601. The average molecular weight is 244 g/mol. The second-order valence-electron chi connectivity index (χ2n) is 4.27. The second-order valence-corrected chi connectivity index (χ2v) is 4.27. The first-order valence-corrected chi connectivity index (χ1v) is 6.15. The molecule has 0 N–H and O–H groups in total. The lowest BCUT2D eigenvalue weighted by Crippen LogP contribution is -2.26. The van der Waals surface area contributed by atoms with Gasteiger partial charge in [-0.3, -0.25) is 14.6 Å². The summed E-state index contributed by atoms with van der Waals surface area (Å²) in [6.45, 7) is 2.63. The van der Waals surface area contributed by atoms with E-state index in [0.717, 1.165) is 6.42 Å². The zero-order valence-corrected chi connectivity index (χ0v) is 10.4. The molecule has 1 unspecified atom stereocenters. The van der Waals surface area contributed by atoms with Crippen LogP contribution in [-0.2, 0) is 4.79 Å².